The Hall–Kier alpha value is -1.06. The molecule has 0 spiro atoms. The van der Waals surface area contributed by atoms with Crippen molar-refractivity contribution >= 4 is 11.9 Å². The van der Waals surface area contributed by atoms with Crippen molar-refractivity contribution in [2.24, 2.45) is 11.7 Å². The van der Waals surface area contributed by atoms with Crippen LogP contribution in [0.5, 0.6) is 0 Å². The van der Waals surface area contributed by atoms with Gasteiger partial charge in [-0.3, -0.25) is 9.59 Å². The second kappa shape index (κ2) is 4.25. The Bertz CT molecular complexity index is 205. The molecule has 1 atom stereocenters. The quantitative estimate of drug-likeness (QED) is 0.525. The van der Waals surface area contributed by atoms with Gasteiger partial charge in [-0.15, -0.1) is 0 Å². The van der Waals surface area contributed by atoms with Crippen LogP contribution in [0.2, 0.25) is 0 Å². The molecule has 0 aliphatic carbocycles. The van der Waals surface area contributed by atoms with Gasteiger partial charge in [-0.05, 0) is 27.2 Å². The first-order chi connectivity index (χ1) is 5.78. The third-order valence-electron chi connectivity index (χ3n) is 1.44. The van der Waals surface area contributed by atoms with Crippen LogP contribution in [0.1, 0.15) is 34.1 Å². The van der Waals surface area contributed by atoms with E-state index in [1.54, 1.807) is 27.7 Å². The molecule has 0 saturated carbocycles. The summed E-state index contributed by atoms with van der Waals surface area (Å²) in [5, 5.41) is 0. The van der Waals surface area contributed by atoms with Crippen molar-refractivity contribution in [3.05, 3.63) is 0 Å². The van der Waals surface area contributed by atoms with Gasteiger partial charge in [0.1, 0.15) is 11.5 Å². The van der Waals surface area contributed by atoms with Gasteiger partial charge in [0.05, 0.1) is 0 Å². The second-order valence-electron chi connectivity index (χ2n) is 3.90. The van der Waals surface area contributed by atoms with Gasteiger partial charge in [-0.25, -0.2) is 0 Å². The Morgan fingerprint density at radius 2 is 1.85 bits per heavy atom. The number of carbonyl (C=O) groups excluding carboxylic acids is 2. The van der Waals surface area contributed by atoms with Crippen LogP contribution in [-0.4, -0.2) is 17.5 Å². The Morgan fingerprint density at radius 1 is 1.38 bits per heavy atom. The molecule has 0 aliphatic rings. The molecule has 0 saturated heterocycles. The normalized spacial score (nSPS) is 13.5. The predicted octanol–water partition coefficient (Wildman–Crippen LogP) is 0.840. The highest BCUT2D eigenvalue weighted by Gasteiger charge is 2.27. The van der Waals surface area contributed by atoms with E-state index in [0.29, 0.717) is 6.42 Å². The topological polar surface area (TPSA) is 69.4 Å². The standard InChI is InChI=1S/C9H17NO3/c1-5-6(7(10)11)8(12)13-9(2,3)4/h6H,5H2,1-4H3,(H2,10,11). The molecule has 1 amide bonds. The van der Waals surface area contributed by atoms with Gasteiger partial charge in [0.2, 0.25) is 5.91 Å². The summed E-state index contributed by atoms with van der Waals surface area (Å²) in [5.41, 5.74) is 4.46. The molecule has 0 aromatic heterocycles. The van der Waals surface area contributed by atoms with E-state index in [1.807, 2.05) is 0 Å². The average molecular weight is 187 g/mol. The Kier molecular flexibility index (Phi) is 3.91. The predicted molar refractivity (Wildman–Crippen MR) is 48.8 cm³/mol. The molecule has 2 N–H and O–H groups in total. The van der Waals surface area contributed by atoms with Gasteiger partial charge in [0, 0.05) is 0 Å². The van der Waals surface area contributed by atoms with Crippen LogP contribution in [0.3, 0.4) is 0 Å². The number of primary amides is 1. The minimum absolute atomic E-state index is 0.379. The highest BCUT2D eigenvalue weighted by Crippen LogP contribution is 2.13. The SMILES string of the molecule is CCC(C(N)=O)C(=O)OC(C)(C)C. The van der Waals surface area contributed by atoms with Crippen LogP contribution >= 0.6 is 0 Å². The molecule has 4 nitrogen and oxygen atoms in total. The van der Waals surface area contributed by atoms with Gasteiger partial charge in [0.25, 0.3) is 0 Å². The van der Waals surface area contributed by atoms with Crippen molar-refractivity contribution in [1.29, 1.82) is 0 Å². The molecule has 0 rings (SSSR count). The fourth-order valence-electron chi connectivity index (χ4n) is 0.857. The van der Waals surface area contributed by atoms with E-state index >= 15 is 0 Å². The highest BCUT2D eigenvalue weighted by molar-refractivity contribution is 5.96. The van der Waals surface area contributed by atoms with E-state index in [-0.39, 0.29) is 0 Å². The number of hydrogen-bond acceptors (Lipinski definition) is 3. The Balaban J connectivity index is 4.32. The number of esters is 1. The molecule has 0 aliphatic heterocycles. The maximum Gasteiger partial charge on any atom is 0.318 e. The molecule has 1 unspecified atom stereocenters. The number of hydrogen-bond donors (Lipinski definition) is 1. The second-order valence-corrected chi connectivity index (χ2v) is 3.90. The van der Waals surface area contributed by atoms with E-state index in [1.165, 1.54) is 0 Å². The van der Waals surface area contributed by atoms with Gasteiger partial charge in [-0.1, -0.05) is 6.92 Å². The first-order valence-corrected chi connectivity index (χ1v) is 4.30. The largest absolute Gasteiger partial charge is 0.459 e. The van der Waals surface area contributed by atoms with Crippen molar-refractivity contribution in [2.45, 2.75) is 39.7 Å². The van der Waals surface area contributed by atoms with E-state index in [2.05, 4.69) is 0 Å². The van der Waals surface area contributed by atoms with Crippen molar-refractivity contribution in [2.75, 3.05) is 0 Å². The van der Waals surface area contributed by atoms with Crippen LogP contribution < -0.4 is 5.73 Å². The first kappa shape index (κ1) is 11.9. The van der Waals surface area contributed by atoms with Gasteiger partial charge < -0.3 is 10.5 Å². The van der Waals surface area contributed by atoms with Crippen LogP contribution in [-0.2, 0) is 14.3 Å². The first-order valence-electron chi connectivity index (χ1n) is 4.30. The maximum absolute atomic E-state index is 11.3. The van der Waals surface area contributed by atoms with Crippen molar-refractivity contribution in [3.8, 4) is 0 Å². The molecule has 4 heteroatoms. The summed E-state index contributed by atoms with van der Waals surface area (Å²) in [4.78, 5) is 22.1. The molecule has 0 heterocycles. The lowest BCUT2D eigenvalue weighted by Gasteiger charge is -2.21. The summed E-state index contributed by atoms with van der Waals surface area (Å²) < 4.78 is 5.01. The van der Waals surface area contributed by atoms with Crippen LogP contribution in [0, 0.1) is 5.92 Å². The van der Waals surface area contributed by atoms with Crippen LogP contribution in [0.4, 0.5) is 0 Å². The van der Waals surface area contributed by atoms with E-state index in [4.69, 9.17) is 10.5 Å². The minimum Gasteiger partial charge on any atom is -0.459 e. The van der Waals surface area contributed by atoms with Crippen molar-refractivity contribution in [1.82, 2.24) is 0 Å². The third-order valence-corrected chi connectivity index (χ3v) is 1.44. The van der Waals surface area contributed by atoms with Gasteiger partial charge in [0.15, 0.2) is 0 Å². The van der Waals surface area contributed by atoms with E-state index < -0.39 is 23.4 Å². The van der Waals surface area contributed by atoms with Gasteiger partial charge >= 0.3 is 5.97 Å². The summed E-state index contributed by atoms with van der Waals surface area (Å²) in [6, 6.07) is 0. The lowest BCUT2D eigenvalue weighted by atomic mass is 10.1. The zero-order valence-corrected chi connectivity index (χ0v) is 8.59. The Morgan fingerprint density at radius 3 is 2.08 bits per heavy atom. The number of carbonyl (C=O) groups is 2. The maximum atomic E-state index is 11.3. The zero-order chi connectivity index (χ0) is 10.6. The monoisotopic (exact) mass is 187 g/mol. The molecule has 0 bridgehead atoms. The average Bonchev–Trinajstić information content (AvgIpc) is 1.82. The molecule has 13 heavy (non-hydrogen) atoms. The molecule has 0 radical (unpaired) electrons. The van der Waals surface area contributed by atoms with Crippen molar-refractivity contribution < 1.29 is 14.3 Å². The van der Waals surface area contributed by atoms with E-state index in [0.717, 1.165) is 0 Å². The fraction of sp³-hybridized carbons (Fsp3) is 0.778. The number of amides is 1. The lowest BCUT2D eigenvalue weighted by molar-refractivity contribution is -0.162. The molecule has 0 aromatic carbocycles. The summed E-state index contributed by atoms with van der Waals surface area (Å²) in [7, 11) is 0. The smallest absolute Gasteiger partial charge is 0.318 e. The fourth-order valence-corrected chi connectivity index (χ4v) is 0.857. The van der Waals surface area contributed by atoms with Gasteiger partial charge in [-0.2, -0.15) is 0 Å². The Labute approximate surface area is 78.4 Å². The molecular weight excluding hydrogens is 170 g/mol. The summed E-state index contributed by atoms with van der Waals surface area (Å²) >= 11 is 0. The summed E-state index contributed by atoms with van der Waals surface area (Å²) in [5.74, 6) is -1.99. The summed E-state index contributed by atoms with van der Waals surface area (Å²) in [6.07, 6.45) is 0.379. The third kappa shape index (κ3) is 4.50. The number of ether oxygens (including phenoxy) is 1. The lowest BCUT2D eigenvalue weighted by Crippen LogP contribution is -2.35. The summed E-state index contributed by atoms with van der Waals surface area (Å²) in [6.45, 7) is 6.97. The number of rotatable bonds is 3. The van der Waals surface area contributed by atoms with E-state index in [9.17, 15) is 9.59 Å². The molecule has 0 aromatic rings. The minimum atomic E-state index is -0.820. The van der Waals surface area contributed by atoms with Crippen LogP contribution in [0.15, 0.2) is 0 Å². The zero-order valence-electron chi connectivity index (χ0n) is 8.59. The molecule has 0 fully saturated rings. The van der Waals surface area contributed by atoms with Crippen molar-refractivity contribution in [3.63, 3.8) is 0 Å². The highest BCUT2D eigenvalue weighted by atomic mass is 16.6. The number of nitrogens with two attached hydrogens (primary N) is 1. The van der Waals surface area contributed by atoms with Crippen LogP contribution in [0.25, 0.3) is 0 Å². The molecular formula is C9H17NO3. The molecule has 76 valence electrons.